The molecule has 0 aliphatic rings. The molecule has 3 aromatic rings. The summed E-state index contributed by atoms with van der Waals surface area (Å²) in [6.45, 7) is 0. The Morgan fingerprint density at radius 2 is 1.79 bits per heavy atom. The Bertz CT molecular complexity index is 1210. The first kappa shape index (κ1) is 20.5. The van der Waals surface area contributed by atoms with E-state index in [0.717, 1.165) is 0 Å². The first-order valence-corrected chi connectivity index (χ1v) is 10.1. The molecule has 1 heterocycles. The molecule has 0 N–H and O–H groups in total. The summed E-state index contributed by atoms with van der Waals surface area (Å²) in [4.78, 5) is 1.51. The SMILES string of the molecule is CN(C)/C=N/S(=O)(=O)c1ccc(-n2nc(C#N)c(Cl)c2-c2ccc(F)cc2)cc1. The second kappa shape index (κ2) is 8.03. The molecule has 1 aromatic heterocycles. The normalized spacial score (nSPS) is 11.6. The number of rotatable bonds is 5. The second-order valence-corrected chi connectivity index (χ2v) is 8.21. The number of aromatic nitrogens is 2. The van der Waals surface area contributed by atoms with E-state index in [-0.39, 0.29) is 15.6 Å². The molecule has 0 spiro atoms. The van der Waals surface area contributed by atoms with Crippen molar-refractivity contribution in [1.82, 2.24) is 14.7 Å². The van der Waals surface area contributed by atoms with E-state index < -0.39 is 15.8 Å². The lowest BCUT2D eigenvalue weighted by Gasteiger charge is -2.09. The monoisotopic (exact) mass is 431 g/mol. The molecule has 10 heteroatoms. The van der Waals surface area contributed by atoms with Crippen LogP contribution in [0.25, 0.3) is 16.9 Å². The molecule has 148 valence electrons. The van der Waals surface area contributed by atoms with Crippen LogP contribution in [-0.4, -0.2) is 43.5 Å². The van der Waals surface area contributed by atoms with E-state index in [9.17, 15) is 18.1 Å². The molecule has 0 atom stereocenters. The summed E-state index contributed by atoms with van der Waals surface area (Å²) in [5.41, 5.74) is 1.42. The van der Waals surface area contributed by atoms with Crippen LogP contribution in [0.1, 0.15) is 5.69 Å². The Kier molecular flexibility index (Phi) is 5.68. The molecule has 0 radical (unpaired) electrons. The van der Waals surface area contributed by atoms with Gasteiger partial charge in [0.1, 0.15) is 23.2 Å². The molecule has 0 bridgehead atoms. The Morgan fingerprint density at radius 3 is 2.34 bits per heavy atom. The smallest absolute Gasteiger partial charge is 0.283 e. The molecule has 0 saturated heterocycles. The first-order valence-electron chi connectivity index (χ1n) is 8.25. The Balaban J connectivity index is 2.08. The number of hydrogen-bond acceptors (Lipinski definition) is 4. The third-order valence-electron chi connectivity index (χ3n) is 3.85. The standard InChI is InChI=1S/C19H15ClFN5O2S/c1-25(2)12-23-29(27,28)16-9-7-15(8-10-16)26-19(18(20)17(11-22)24-26)13-3-5-14(21)6-4-13/h3-10,12H,1-2H3/b23-12+. The molecule has 0 fully saturated rings. The molecule has 0 amide bonds. The highest BCUT2D eigenvalue weighted by atomic mass is 35.5. The molecule has 3 rings (SSSR count). The van der Waals surface area contributed by atoms with E-state index in [4.69, 9.17) is 11.6 Å². The van der Waals surface area contributed by atoms with E-state index >= 15 is 0 Å². The summed E-state index contributed by atoms with van der Waals surface area (Å²) in [5.74, 6) is -0.413. The number of nitriles is 1. The third-order valence-corrected chi connectivity index (χ3v) is 5.44. The molecular formula is C19H15ClFN5O2S. The predicted octanol–water partition coefficient (Wildman–Crippen LogP) is 3.48. The van der Waals surface area contributed by atoms with Crippen molar-refractivity contribution < 1.29 is 12.8 Å². The van der Waals surface area contributed by atoms with Crippen LogP contribution in [0.3, 0.4) is 0 Å². The largest absolute Gasteiger partial charge is 0.368 e. The van der Waals surface area contributed by atoms with Gasteiger partial charge in [-0.15, -0.1) is 4.40 Å². The molecule has 0 aliphatic heterocycles. The Hall–Kier alpha value is -3.22. The van der Waals surface area contributed by atoms with Crippen LogP contribution in [0, 0.1) is 17.1 Å². The summed E-state index contributed by atoms with van der Waals surface area (Å²) >= 11 is 6.31. The maximum absolute atomic E-state index is 13.3. The highest BCUT2D eigenvalue weighted by Gasteiger charge is 2.20. The van der Waals surface area contributed by atoms with Crippen LogP contribution in [0.5, 0.6) is 0 Å². The van der Waals surface area contributed by atoms with Crippen LogP contribution < -0.4 is 0 Å². The number of sulfonamides is 1. The zero-order valence-corrected chi connectivity index (χ0v) is 17.0. The quantitative estimate of drug-likeness (QED) is 0.455. The lowest BCUT2D eigenvalue weighted by atomic mass is 10.1. The highest BCUT2D eigenvalue weighted by molar-refractivity contribution is 7.90. The van der Waals surface area contributed by atoms with Crippen molar-refractivity contribution in [3.8, 4) is 23.0 Å². The predicted molar refractivity (Wildman–Crippen MR) is 108 cm³/mol. The van der Waals surface area contributed by atoms with Gasteiger partial charge in [0, 0.05) is 19.7 Å². The van der Waals surface area contributed by atoms with Gasteiger partial charge >= 0.3 is 0 Å². The van der Waals surface area contributed by atoms with Gasteiger partial charge in [-0.3, -0.25) is 0 Å². The van der Waals surface area contributed by atoms with Crippen LogP contribution in [0.4, 0.5) is 4.39 Å². The third kappa shape index (κ3) is 4.29. The Labute approximate surface area is 172 Å². The lowest BCUT2D eigenvalue weighted by molar-refractivity contribution is 0.594. The maximum Gasteiger partial charge on any atom is 0.283 e. The molecule has 7 nitrogen and oxygen atoms in total. The van der Waals surface area contributed by atoms with Gasteiger partial charge in [0.05, 0.1) is 16.3 Å². The van der Waals surface area contributed by atoms with Gasteiger partial charge in [-0.05, 0) is 48.5 Å². The minimum atomic E-state index is -3.85. The zero-order valence-electron chi connectivity index (χ0n) is 15.4. The molecule has 2 aromatic carbocycles. The van der Waals surface area contributed by atoms with Crippen LogP contribution in [0.2, 0.25) is 5.02 Å². The maximum atomic E-state index is 13.3. The van der Waals surface area contributed by atoms with E-state index in [1.165, 1.54) is 64.5 Å². The van der Waals surface area contributed by atoms with Crippen LogP contribution in [-0.2, 0) is 10.0 Å². The Morgan fingerprint density at radius 1 is 1.17 bits per heavy atom. The number of benzene rings is 2. The molecule has 29 heavy (non-hydrogen) atoms. The van der Waals surface area contributed by atoms with Crippen molar-refractivity contribution in [2.45, 2.75) is 4.90 Å². The fourth-order valence-corrected chi connectivity index (χ4v) is 3.67. The molecule has 0 aliphatic carbocycles. The van der Waals surface area contributed by atoms with Gasteiger partial charge in [-0.1, -0.05) is 11.6 Å². The average molecular weight is 432 g/mol. The van der Waals surface area contributed by atoms with E-state index in [2.05, 4.69) is 9.50 Å². The van der Waals surface area contributed by atoms with E-state index in [1.54, 1.807) is 14.1 Å². The van der Waals surface area contributed by atoms with Crippen LogP contribution in [0.15, 0.2) is 57.8 Å². The topological polar surface area (TPSA) is 91.3 Å². The molecule has 0 saturated carbocycles. The van der Waals surface area contributed by atoms with Gasteiger partial charge in [0.2, 0.25) is 0 Å². The first-order chi connectivity index (χ1) is 13.7. The minimum absolute atomic E-state index is 0.00134. The summed E-state index contributed by atoms with van der Waals surface area (Å²) in [6.07, 6.45) is 1.20. The number of halogens is 2. The van der Waals surface area contributed by atoms with Crippen molar-refractivity contribution >= 4 is 28.0 Å². The summed E-state index contributed by atoms with van der Waals surface area (Å²) in [7, 11) is -0.531. The zero-order chi connectivity index (χ0) is 21.2. The summed E-state index contributed by atoms with van der Waals surface area (Å²) in [5, 5.41) is 13.6. The lowest BCUT2D eigenvalue weighted by Crippen LogP contribution is -2.10. The highest BCUT2D eigenvalue weighted by Crippen LogP contribution is 2.33. The number of nitrogens with zero attached hydrogens (tertiary/aromatic N) is 5. The fraction of sp³-hybridized carbons (Fsp3) is 0.105. The molecular weight excluding hydrogens is 417 g/mol. The van der Waals surface area contributed by atoms with Gasteiger partial charge in [-0.25, -0.2) is 9.07 Å². The molecule has 0 unspecified atom stereocenters. The van der Waals surface area contributed by atoms with Crippen molar-refractivity contribution in [3.05, 3.63) is 65.1 Å². The number of hydrogen-bond donors (Lipinski definition) is 0. The fourth-order valence-electron chi connectivity index (χ4n) is 2.49. The summed E-state index contributed by atoms with van der Waals surface area (Å²) in [6, 6.07) is 13.3. The minimum Gasteiger partial charge on any atom is -0.368 e. The second-order valence-electron chi connectivity index (χ2n) is 6.20. The van der Waals surface area contributed by atoms with E-state index in [1.807, 2.05) is 6.07 Å². The van der Waals surface area contributed by atoms with Gasteiger partial charge in [-0.2, -0.15) is 18.8 Å². The van der Waals surface area contributed by atoms with Crippen molar-refractivity contribution in [1.29, 1.82) is 5.26 Å². The van der Waals surface area contributed by atoms with E-state index in [0.29, 0.717) is 16.9 Å². The van der Waals surface area contributed by atoms with Crippen molar-refractivity contribution in [3.63, 3.8) is 0 Å². The van der Waals surface area contributed by atoms with Crippen molar-refractivity contribution in [2.75, 3.05) is 14.1 Å². The van der Waals surface area contributed by atoms with Gasteiger partial charge < -0.3 is 4.90 Å². The average Bonchev–Trinajstić information content (AvgIpc) is 3.03. The van der Waals surface area contributed by atoms with Gasteiger partial charge in [0.15, 0.2) is 5.69 Å². The summed E-state index contributed by atoms with van der Waals surface area (Å²) < 4.78 is 42.8. The van der Waals surface area contributed by atoms with Crippen LogP contribution >= 0.6 is 11.6 Å². The van der Waals surface area contributed by atoms with Crippen molar-refractivity contribution in [2.24, 2.45) is 4.40 Å². The van der Waals surface area contributed by atoms with Gasteiger partial charge in [0.25, 0.3) is 10.0 Å².